The fraction of sp³-hybridized carbons (Fsp3) is 0.917. The molecule has 0 atom stereocenters. The van der Waals surface area contributed by atoms with Crippen LogP contribution in [0.2, 0.25) is 0 Å². The molecule has 0 radical (unpaired) electrons. The molecule has 1 amide bonds. The molecule has 1 aliphatic rings. The molecule has 0 N–H and O–H groups in total. The molecule has 248 valence electrons. The van der Waals surface area contributed by atoms with Gasteiger partial charge in [0, 0.05) is 32.4 Å². The first-order chi connectivity index (χ1) is 20.5. The maximum absolute atomic E-state index is 11.8. The van der Waals surface area contributed by atoms with E-state index in [4.69, 9.17) is 9.47 Å². The predicted octanol–water partition coefficient (Wildman–Crippen LogP) is 10.1. The molecule has 0 aromatic heterocycles. The first-order valence-corrected chi connectivity index (χ1v) is 18.1. The Labute approximate surface area is 260 Å². The van der Waals surface area contributed by atoms with Crippen molar-refractivity contribution in [1.29, 1.82) is 0 Å². The van der Waals surface area contributed by atoms with Gasteiger partial charge in [-0.1, -0.05) is 124 Å². The number of nitrogens with zero attached hydrogens (tertiary/aromatic N) is 1. The van der Waals surface area contributed by atoms with Crippen LogP contribution in [0.4, 0.5) is 0 Å². The summed E-state index contributed by atoms with van der Waals surface area (Å²) >= 11 is 0. The third kappa shape index (κ3) is 28.5. The number of amides is 1. The maximum Gasteiger partial charge on any atom is 0.305 e. The molecular weight excluding hydrogens is 526 g/mol. The summed E-state index contributed by atoms with van der Waals surface area (Å²) in [4.78, 5) is 36.7. The highest BCUT2D eigenvalue weighted by Crippen LogP contribution is 2.14. The molecule has 0 aliphatic carbocycles. The highest BCUT2D eigenvalue weighted by atomic mass is 16.5. The Morgan fingerprint density at radius 1 is 0.548 bits per heavy atom. The van der Waals surface area contributed by atoms with Crippen molar-refractivity contribution in [3.8, 4) is 0 Å². The van der Waals surface area contributed by atoms with Crippen LogP contribution in [-0.2, 0) is 23.9 Å². The summed E-state index contributed by atoms with van der Waals surface area (Å²) in [7, 11) is 0. The second kappa shape index (κ2) is 32.3. The Morgan fingerprint density at radius 2 is 0.976 bits per heavy atom. The molecular formula is C36H69NO5. The van der Waals surface area contributed by atoms with Gasteiger partial charge in [0.25, 0.3) is 0 Å². The van der Waals surface area contributed by atoms with Crippen LogP contribution >= 0.6 is 0 Å². The van der Waals surface area contributed by atoms with Crippen LogP contribution in [-0.4, -0.2) is 49.0 Å². The zero-order valence-corrected chi connectivity index (χ0v) is 28.2. The predicted molar refractivity (Wildman–Crippen MR) is 176 cm³/mol. The molecule has 6 nitrogen and oxygen atoms in total. The summed E-state index contributed by atoms with van der Waals surface area (Å²) in [5, 5.41) is 0. The minimum absolute atomic E-state index is 0.0664. The van der Waals surface area contributed by atoms with E-state index in [2.05, 4.69) is 25.7 Å². The van der Waals surface area contributed by atoms with Crippen molar-refractivity contribution in [2.75, 3.05) is 26.3 Å². The van der Waals surface area contributed by atoms with Gasteiger partial charge >= 0.3 is 11.9 Å². The molecule has 0 spiro atoms. The molecule has 1 fully saturated rings. The van der Waals surface area contributed by atoms with Crippen LogP contribution in [0.25, 0.3) is 0 Å². The lowest BCUT2D eigenvalue weighted by Crippen LogP contribution is -2.31. The van der Waals surface area contributed by atoms with Gasteiger partial charge in [0.05, 0.1) is 13.2 Å². The Bertz CT molecular complexity index is 596. The van der Waals surface area contributed by atoms with E-state index >= 15 is 0 Å². The normalized spacial score (nSPS) is 13.3. The molecule has 0 aromatic carbocycles. The van der Waals surface area contributed by atoms with Gasteiger partial charge in [0.1, 0.15) is 0 Å². The highest BCUT2D eigenvalue weighted by Gasteiger charge is 2.15. The highest BCUT2D eigenvalue weighted by molar-refractivity contribution is 5.76. The number of esters is 2. The number of carbonyl (C=O) groups is 3. The first-order valence-electron chi connectivity index (χ1n) is 18.1. The van der Waals surface area contributed by atoms with E-state index in [1.165, 1.54) is 77.0 Å². The van der Waals surface area contributed by atoms with Crippen molar-refractivity contribution in [2.45, 2.75) is 188 Å². The molecule has 1 saturated heterocycles. The van der Waals surface area contributed by atoms with Crippen molar-refractivity contribution in [3.05, 3.63) is 0 Å². The third-order valence-electron chi connectivity index (χ3n) is 7.99. The summed E-state index contributed by atoms with van der Waals surface area (Å²) in [5.74, 6) is 0.268. The van der Waals surface area contributed by atoms with Crippen LogP contribution < -0.4 is 0 Å². The van der Waals surface area contributed by atoms with Crippen LogP contribution in [0.3, 0.4) is 0 Å². The molecule has 0 saturated carbocycles. The Kier molecular flexibility index (Phi) is 31.1. The number of rotatable bonds is 26. The quantitative estimate of drug-likeness (QED) is 0.0735. The smallest absolute Gasteiger partial charge is 0.305 e. The molecule has 42 heavy (non-hydrogen) atoms. The number of ether oxygens (including phenoxy) is 2. The van der Waals surface area contributed by atoms with Gasteiger partial charge in [-0.15, -0.1) is 0 Å². The summed E-state index contributed by atoms with van der Waals surface area (Å²) in [6, 6.07) is 0. The van der Waals surface area contributed by atoms with E-state index in [0.717, 1.165) is 90.1 Å². The zero-order chi connectivity index (χ0) is 30.9. The number of hydrogen-bond donors (Lipinski definition) is 0. The van der Waals surface area contributed by atoms with Gasteiger partial charge in [0.15, 0.2) is 0 Å². The molecule has 6 heteroatoms. The van der Waals surface area contributed by atoms with Crippen LogP contribution in [0.15, 0.2) is 0 Å². The molecule has 0 aromatic rings. The van der Waals surface area contributed by atoms with E-state index in [0.29, 0.717) is 32.0 Å². The molecule has 1 aliphatic heterocycles. The second-order valence-corrected chi connectivity index (χ2v) is 12.1. The third-order valence-corrected chi connectivity index (χ3v) is 7.99. The van der Waals surface area contributed by atoms with Crippen molar-refractivity contribution >= 4 is 17.8 Å². The van der Waals surface area contributed by atoms with Crippen molar-refractivity contribution in [2.24, 2.45) is 0 Å². The second-order valence-electron chi connectivity index (χ2n) is 12.1. The molecule has 1 rings (SSSR count). The van der Waals surface area contributed by atoms with Crippen LogP contribution in [0, 0.1) is 0 Å². The summed E-state index contributed by atoms with van der Waals surface area (Å²) in [6.45, 7) is 9.57. The van der Waals surface area contributed by atoms with E-state index in [-0.39, 0.29) is 11.9 Å². The van der Waals surface area contributed by atoms with E-state index < -0.39 is 0 Å². The van der Waals surface area contributed by atoms with E-state index in [9.17, 15) is 14.4 Å². The minimum atomic E-state index is -0.0664. The van der Waals surface area contributed by atoms with Gasteiger partial charge in [-0.05, 0) is 44.9 Å². The van der Waals surface area contributed by atoms with Gasteiger partial charge in [-0.3, -0.25) is 14.4 Å². The lowest BCUT2D eigenvalue weighted by Gasteiger charge is -2.20. The average Bonchev–Trinajstić information content (AvgIpc) is 3.19. The summed E-state index contributed by atoms with van der Waals surface area (Å²) < 4.78 is 10.2. The van der Waals surface area contributed by atoms with Gasteiger partial charge in [-0.2, -0.15) is 0 Å². The summed E-state index contributed by atoms with van der Waals surface area (Å²) in [5.41, 5.74) is 0. The first kappa shape index (κ1) is 40.4. The number of hydrogen-bond acceptors (Lipinski definition) is 5. The van der Waals surface area contributed by atoms with Crippen molar-refractivity contribution in [1.82, 2.24) is 4.90 Å². The van der Waals surface area contributed by atoms with E-state index in [1.54, 1.807) is 0 Å². The minimum Gasteiger partial charge on any atom is -0.466 e. The fourth-order valence-electron chi connectivity index (χ4n) is 5.12. The van der Waals surface area contributed by atoms with Crippen molar-refractivity contribution in [3.63, 3.8) is 0 Å². The van der Waals surface area contributed by atoms with Crippen molar-refractivity contribution < 1.29 is 23.9 Å². The standard InChI is InChI=1S/C18H35NO.C18H34O4/c1-2-3-4-5-6-7-8-9-10-13-16-19-17-14-11-12-15-18(19)20;1-3-5-15-21-17(19)13-11-9-7-8-10-12-14-18(20)22-16-6-4-2/h2-17H2,1H3;3-16H2,1-2H3. The van der Waals surface area contributed by atoms with Gasteiger partial charge in [-0.25, -0.2) is 0 Å². The summed E-state index contributed by atoms with van der Waals surface area (Å²) in [6.07, 6.45) is 29.3. The Hall–Kier alpha value is -1.59. The molecule has 1 heterocycles. The van der Waals surface area contributed by atoms with Gasteiger partial charge < -0.3 is 14.4 Å². The largest absolute Gasteiger partial charge is 0.466 e. The van der Waals surface area contributed by atoms with Crippen LogP contribution in [0.5, 0.6) is 0 Å². The molecule has 0 bridgehead atoms. The Morgan fingerprint density at radius 3 is 1.45 bits per heavy atom. The monoisotopic (exact) mass is 596 g/mol. The average molecular weight is 596 g/mol. The SMILES string of the molecule is CCCCCCCCCCCCN1CCCCCC1=O.CCCCOC(=O)CCCCCCCCC(=O)OCCCC. The number of likely N-dealkylation sites (tertiary alicyclic amines) is 1. The Balaban J connectivity index is 0.000000803. The lowest BCUT2D eigenvalue weighted by molar-refractivity contribution is -0.144. The number of carbonyl (C=O) groups excluding carboxylic acids is 3. The maximum atomic E-state index is 11.8. The molecule has 0 unspecified atom stereocenters. The topological polar surface area (TPSA) is 72.9 Å². The fourth-order valence-corrected chi connectivity index (χ4v) is 5.12. The van der Waals surface area contributed by atoms with Crippen LogP contribution in [0.1, 0.15) is 188 Å². The lowest BCUT2D eigenvalue weighted by atomic mass is 10.1. The number of unbranched alkanes of at least 4 members (excludes halogenated alkanes) is 16. The van der Waals surface area contributed by atoms with Gasteiger partial charge in [0.2, 0.25) is 5.91 Å². The zero-order valence-electron chi connectivity index (χ0n) is 28.2. The van der Waals surface area contributed by atoms with E-state index in [1.807, 2.05) is 0 Å².